The molecule has 0 saturated heterocycles. The summed E-state index contributed by atoms with van der Waals surface area (Å²) in [5.74, 6) is 0.402. The zero-order valence-corrected chi connectivity index (χ0v) is 5.74. The van der Waals surface area contributed by atoms with Crippen molar-refractivity contribution in [1.29, 1.82) is 0 Å². The van der Waals surface area contributed by atoms with E-state index in [0.717, 1.165) is 5.56 Å². The van der Waals surface area contributed by atoms with E-state index in [4.69, 9.17) is 0 Å². The van der Waals surface area contributed by atoms with Crippen molar-refractivity contribution in [3.05, 3.63) is 35.6 Å². The second-order valence-corrected chi connectivity index (χ2v) is 2.10. The molecule has 0 spiro atoms. The van der Waals surface area contributed by atoms with Gasteiger partial charge in [-0.15, -0.1) is 0 Å². The van der Waals surface area contributed by atoms with Crippen molar-refractivity contribution in [2.75, 3.05) is 0 Å². The average molecular weight is 142 g/mol. The molecule has 0 nitrogen and oxygen atoms in total. The van der Waals surface area contributed by atoms with E-state index in [1.165, 1.54) is 12.1 Å². The third-order valence-corrected chi connectivity index (χ3v) is 1.44. The van der Waals surface area contributed by atoms with Gasteiger partial charge in [-0.3, -0.25) is 0 Å². The van der Waals surface area contributed by atoms with Gasteiger partial charge in [-0.25, -0.2) is 4.39 Å². The van der Waals surface area contributed by atoms with Gasteiger partial charge in [0.15, 0.2) is 0 Å². The van der Waals surface area contributed by atoms with Crippen LogP contribution in [0.15, 0.2) is 24.3 Å². The van der Waals surface area contributed by atoms with Gasteiger partial charge in [-0.2, -0.15) is 12.6 Å². The molecule has 0 aromatic heterocycles. The SMILES string of the molecule is Fc1cccc(CS)c1. The first-order valence-corrected chi connectivity index (χ1v) is 3.31. The summed E-state index contributed by atoms with van der Waals surface area (Å²) < 4.78 is 12.3. The second-order valence-electron chi connectivity index (χ2n) is 1.79. The molecule has 0 unspecified atom stereocenters. The van der Waals surface area contributed by atoms with Gasteiger partial charge in [-0.1, -0.05) is 12.1 Å². The smallest absolute Gasteiger partial charge is 0.123 e. The summed E-state index contributed by atoms with van der Waals surface area (Å²) in [5, 5.41) is 0. The van der Waals surface area contributed by atoms with Crippen molar-refractivity contribution in [2.45, 2.75) is 5.75 Å². The highest BCUT2D eigenvalue weighted by atomic mass is 32.1. The molecule has 0 saturated carbocycles. The van der Waals surface area contributed by atoms with Gasteiger partial charge in [0.05, 0.1) is 0 Å². The summed E-state index contributed by atoms with van der Waals surface area (Å²) in [6.07, 6.45) is 0. The lowest BCUT2D eigenvalue weighted by Gasteiger charge is -1.92. The third-order valence-electron chi connectivity index (χ3n) is 1.07. The maximum absolute atomic E-state index is 12.3. The van der Waals surface area contributed by atoms with E-state index in [9.17, 15) is 4.39 Å². The molecule has 0 N–H and O–H groups in total. The first kappa shape index (κ1) is 6.62. The number of halogens is 1. The molecule has 0 fully saturated rings. The highest BCUT2D eigenvalue weighted by Crippen LogP contribution is 2.04. The summed E-state index contributed by atoms with van der Waals surface area (Å²) in [6, 6.07) is 6.43. The van der Waals surface area contributed by atoms with Crippen LogP contribution in [0.2, 0.25) is 0 Å². The van der Waals surface area contributed by atoms with E-state index in [-0.39, 0.29) is 5.82 Å². The molecule has 0 aliphatic carbocycles. The molecule has 0 atom stereocenters. The second kappa shape index (κ2) is 2.87. The van der Waals surface area contributed by atoms with Gasteiger partial charge in [-0.05, 0) is 17.7 Å². The lowest BCUT2D eigenvalue weighted by atomic mass is 10.2. The largest absolute Gasteiger partial charge is 0.207 e. The number of hydrogen-bond acceptors (Lipinski definition) is 1. The van der Waals surface area contributed by atoms with Crippen LogP contribution in [-0.2, 0) is 5.75 Å². The Balaban J connectivity index is 2.94. The number of hydrogen-bond donors (Lipinski definition) is 1. The molecule has 1 aromatic carbocycles. The van der Waals surface area contributed by atoms with Crippen LogP contribution in [0.4, 0.5) is 4.39 Å². The van der Waals surface area contributed by atoms with Crippen LogP contribution in [0.3, 0.4) is 0 Å². The predicted molar refractivity (Wildman–Crippen MR) is 39.1 cm³/mol. The Labute approximate surface area is 59.1 Å². The molecule has 0 radical (unpaired) electrons. The van der Waals surface area contributed by atoms with Gasteiger partial charge in [0, 0.05) is 5.75 Å². The van der Waals surface area contributed by atoms with Crippen LogP contribution < -0.4 is 0 Å². The van der Waals surface area contributed by atoms with E-state index in [2.05, 4.69) is 12.6 Å². The summed E-state index contributed by atoms with van der Waals surface area (Å²) in [5.41, 5.74) is 0.915. The molecule has 2 heteroatoms. The van der Waals surface area contributed by atoms with Crippen LogP contribution in [0.5, 0.6) is 0 Å². The van der Waals surface area contributed by atoms with Crippen LogP contribution in [0.1, 0.15) is 5.56 Å². The zero-order chi connectivity index (χ0) is 6.69. The van der Waals surface area contributed by atoms with E-state index in [0.29, 0.717) is 5.75 Å². The Morgan fingerprint density at radius 1 is 1.44 bits per heavy atom. The molecular formula is C7H7FS. The Morgan fingerprint density at radius 2 is 2.22 bits per heavy atom. The Morgan fingerprint density at radius 3 is 2.67 bits per heavy atom. The highest BCUT2D eigenvalue weighted by molar-refractivity contribution is 7.79. The van der Waals surface area contributed by atoms with Crippen LogP contribution >= 0.6 is 12.6 Å². The summed E-state index contributed by atoms with van der Waals surface area (Å²) in [4.78, 5) is 0. The van der Waals surface area contributed by atoms with Crippen LogP contribution in [0.25, 0.3) is 0 Å². The fourth-order valence-corrected chi connectivity index (χ4v) is 0.832. The van der Waals surface area contributed by atoms with E-state index in [1.54, 1.807) is 6.07 Å². The summed E-state index contributed by atoms with van der Waals surface area (Å²) >= 11 is 3.99. The maximum atomic E-state index is 12.3. The highest BCUT2D eigenvalue weighted by Gasteiger charge is 1.89. The lowest BCUT2D eigenvalue weighted by molar-refractivity contribution is 0.626. The fourth-order valence-electron chi connectivity index (χ4n) is 0.635. The monoisotopic (exact) mass is 142 g/mol. The van der Waals surface area contributed by atoms with Crippen molar-refractivity contribution in [2.24, 2.45) is 0 Å². The van der Waals surface area contributed by atoms with Gasteiger partial charge >= 0.3 is 0 Å². The van der Waals surface area contributed by atoms with E-state index in [1.807, 2.05) is 6.07 Å². The number of thiol groups is 1. The van der Waals surface area contributed by atoms with E-state index >= 15 is 0 Å². The molecule has 1 rings (SSSR count). The predicted octanol–water partition coefficient (Wildman–Crippen LogP) is 2.26. The summed E-state index contributed by atoms with van der Waals surface area (Å²) in [7, 11) is 0. The summed E-state index contributed by atoms with van der Waals surface area (Å²) in [6.45, 7) is 0. The van der Waals surface area contributed by atoms with Crippen molar-refractivity contribution in [3.8, 4) is 0 Å². The van der Waals surface area contributed by atoms with Crippen molar-refractivity contribution >= 4 is 12.6 Å². The molecule has 0 bridgehead atoms. The molecule has 0 aliphatic rings. The zero-order valence-electron chi connectivity index (χ0n) is 4.84. The minimum Gasteiger partial charge on any atom is -0.207 e. The van der Waals surface area contributed by atoms with Crippen molar-refractivity contribution in [3.63, 3.8) is 0 Å². The normalized spacial score (nSPS) is 9.56. The van der Waals surface area contributed by atoms with Gasteiger partial charge in [0.2, 0.25) is 0 Å². The molecule has 1 aromatic rings. The Kier molecular flexibility index (Phi) is 2.11. The average Bonchev–Trinajstić information content (AvgIpc) is 1.88. The topological polar surface area (TPSA) is 0 Å². The standard InChI is InChI=1S/C7H7FS/c8-7-3-1-2-6(4-7)5-9/h1-4,9H,5H2. The minimum atomic E-state index is -0.193. The first-order valence-electron chi connectivity index (χ1n) is 2.68. The Bertz CT molecular complexity index is 198. The Hall–Kier alpha value is -0.500. The molecule has 0 aliphatic heterocycles. The molecule has 0 amide bonds. The maximum Gasteiger partial charge on any atom is 0.123 e. The third kappa shape index (κ3) is 1.72. The van der Waals surface area contributed by atoms with Crippen LogP contribution in [0, 0.1) is 5.82 Å². The van der Waals surface area contributed by atoms with Crippen molar-refractivity contribution < 1.29 is 4.39 Å². The fraction of sp³-hybridized carbons (Fsp3) is 0.143. The molecule has 9 heavy (non-hydrogen) atoms. The number of benzene rings is 1. The quantitative estimate of drug-likeness (QED) is 0.571. The minimum absolute atomic E-state index is 0.193. The van der Waals surface area contributed by atoms with Gasteiger partial charge < -0.3 is 0 Å². The lowest BCUT2D eigenvalue weighted by Crippen LogP contribution is -1.77. The molecule has 0 heterocycles. The van der Waals surface area contributed by atoms with Gasteiger partial charge in [0.1, 0.15) is 5.82 Å². The van der Waals surface area contributed by atoms with E-state index < -0.39 is 0 Å². The molecular weight excluding hydrogens is 135 g/mol. The first-order chi connectivity index (χ1) is 4.33. The molecule has 48 valence electrons. The van der Waals surface area contributed by atoms with Crippen molar-refractivity contribution in [1.82, 2.24) is 0 Å². The number of rotatable bonds is 1. The van der Waals surface area contributed by atoms with Crippen LogP contribution in [-0.4, -0.2) is 0 Å². The van der Waals surface area contributed by atoms with Gasteiger partial charge in [0.25, 0.3) is 0 Å².